The van der Waals surface area contributed by atoms with Gasteiger partial charge >= 0.3 is 6.09 Å². The SMILES string of the molecule is Cc1c(Nc2ccc(S(=O)(=O)C3CC3)cc2F)ncnc1OC1CC2COC[C@@H](C1)N2C(=O)OC(C)C. The van der Waals surface area contributed by atoms with E-state index in [1.807, 2.05) is 13.8 Å². The number of benzene rings is 1. The molecule has 1 aromatic heterocycles. The number of amides is 1. The van der Waals surface area contributed by atoms with Gasteiger partial charge in [-0.1, -0.05) is 0 Å². The maximum atomic E-state index is 14.8. The Hall–Kier alpha value is -2.99. The zero-order valence-electron chi connectivity index (χ0n) is 21.0. The van der Waals surface area contributed by atoms with E-state index in [9.17, 15) is 17.6 Å². The number of fused-ring (bicyclic) bond motifs is 2. The van der Waals surface area contributed by atoms with Crippen molar-refractivity contribution < 1.29 is 31.8 Å². The second-order valence-electron chi connectivity index (χ2n) is 10.1. The highest BCUT2D eigenvalue weighted by molar-refractivity contribution is 7.92. The number of carbonyl (C=O) groups excluding carboxylic acids is 1. The highest BCUT2D eigenvalue weighted by Gasteiger charge is 2.44. The van der Waals surface area contributed by atoms with Crippen LogP contribution in [0.5, 0.6) is 5.88 Å². The van der Waals surface area contributed by atoms with Crippen molar-refractivity contribution in [2.75, 3.05) is 18.5 Å². The number of hydrogen-bond acceptors (Lipinski definition) is 9. The molecule has 3 aliphatic rings. The monoisotopic (exact) mass is 534 g/mol. The fraction of sp³-hybridized carbons (Fsp3) is 0.560. The van der Waals surface area contributed by atoms with Gasteiger partial charge in [0.25, 0.3) is 0 Å². The third kappa shape index (κ3) is 5.35. The summed E-state index contributed by atoms with van der Waals surface area (Å²) >= 11 is 0. The first kappa shape index (κ1) is 25.7. The van der Waals surface area contributed by atoms with Crippen molar-refractivity contribution in [3.8, 4) is 5.88 Å². The molecule has 0 spiro atoms. The Morgan fingerprint density at radius 3 is 2.51 bits per heavy atom. The number of anilines is 2. The van der Waals surface area contributed by atoms with E-state index in [4.69, 9.17) is 14.2 Å². The largest absolute Gasteiger partial charge is 0.474 e. The number of piperidine rings is 1. The van der Waals surface area contributed by atoms with Crippen LogP contribution in [0, 0.1) is 12.7 Å². The topological polar surface area (TPSA) is 120 Å². The van der Waals surface area contributed by atoms with Crippen LogP contribution in [0.15, 0.2) is 29.4 Å². The van der Waals surface area contributed by atoms with Crippen molar-refractivity contribution in [3.63, 3.8) is 0 Å². The number of rotatable bonds is 7. The van der Waals surface area contributed by atoms with Crippen molar-refractivity contribution in [1.82, 2.24) is 14.9 Å². The van der Waals surface area contributed by atoms with Gasteiger partial charge in [-0.2, -0.15) is 0 Å². The number of aromatic nitrogens is 2. The lowest BCUT2D eigenvalue weighted by Crippen LogP contribution is -2.61. The average molecular weight is 535 g/mol. The number of nitrogens with one attached hydrogen (secondary N) is 1. The van der Waals surface area contributed by atoms with Gasteiger partial charge in [-0.25, -0.2) is 27.6 Å². The van der Waals surface area contributed by atoms with Gasteiger partial charge in [-0.05, 0) is 51.8 Å². The van der Waals surface area contributed by atoms with Gasteiger partial charge in [-0.3, -0.25) is 4.90 Å². The fourth-order valence-electron chi connectivity index (χ4n) is 4.83. The molecule has 37 heavy (non-hydrogen) atoms. The van der Waals surface area contributed by atoms with E-state index >= 15 is 0 Å². The van der Waals surface area contributed by atoms with Crippen molar-refractivity contribution in [2.24, 2.45) is 0 Å². The van der Waals surface area contributed by atoms with E-state index in [0.29, 0.717) is 56.2 Å². The highest BCUT2D eigenvalue weighted by atomic mass is 32.2. The number of carbonyl (C=O) groups is 1. The summed E-state index contributed by atoms with van der Waals surface area (Å²) in [6.07, 6.45) is 2.92. The Morgan fingerprint density at radius 2 is 1.89 bits per heavy atom. The molecule has 12 heteroatoms. The lowest BCUT2D eigenvalue weighted by molar-refractivity contribution is -0.0934. The molecule has 1 aromatic carbocycles. The minimum atomic E-state index is -3.49. The molecule has 3 fully saturated rings. The number of morpholine rings is 1. The molecule has 2 unspecified atom stereocenters. The molecular formula is C25H31FN4O6S. The van der Waals surface area contributed by atoms with E-state index in [1.54, 1.807) is 11.8 Å². The molecule has 2 aliphatic heterocycles. The first-order valence-electron chi connectivity index (χ1n) is 12.5. The summed E-state index contributed by atoms with van der Waals surface area (Å²) in [5.41, 5.74) is 0.686. The molecule has 0 radical (unpaired) electrons. The molecule has 2 aromatic rings. The van der Waals surface area contributed by atoms with Gasteiger partial charge in [-0.15, -0.1) is 0 Å². The van der Waals surface area contributed by atoms with Crippen LogP contribution in [-0.4, -0.2) is 72.1 Å². The third-order valence-corrected chi connectivity index (χ3v) is 9.09. The Bertz CT molecular complexity index is 1270. The van der Waals surface area contributed by atoms with Gasteiger partial charge in [0.15, 0.2) is 9.84 Å². The van der Waals surface area contributed by atoms with Crippen LogP contribution in [-0.2, 0) is 19.3 Å². The molecule has 1 saturated carbocycles. The third-order valence-electron chi connectivity index (χ3n) is 6.83. The summed E-state index contributed by atoms with van der Waals surface area (Å²) in [6, 6.07) is 3.53. The van der Waals surface area contributed by atoms with Gasteiger partial charge in [0.2, 0.25) is 5.88 Å². The number of sulfone groups is 1. The molecule has 10 nitrogen and oxygen atoms in total. The summed E-state index contributed by atoms with van der Waals surface area (Å²) in [4.78, 5) is 22.9. The van der Waals surface area contributed by atoms with E-state index < -0.39 is 20.9 Å². The van der Waals surface area contributed by atoms with Gasteiger partial charge < -0.3 is 19.5 Å². The summed E-state index contributed by atoms with van der Waals surface area (Å²) in [7, 11) is -3.49. The molecule has 2 saturated heterocycles. The van der Waals surface area contributed by atoms with Crippen molar-refractivity contribution in [2.45, 2.75) is 80.9 Å². The van der Waals surface area contributed by atoms with E-state index in [2.05, 4.69) is 15.3 Å². The van der Waals surface area contributed by atoms with Crippen LogP contribution in [0.25, 0.3) is 0 Å². The van der Waals surface area contributed by atoms with Crippen LogP contribution in [0.2, 0.25) is 0 Å². The average Bonchev–Trinajstić information content (AvgIpc) is 3.68. The molecule has 3 heterocycles. The first-order chi connectivity index (χ1) is 17.6. The predicted molar refractivity (Wildman–Crippen MR) is 132 cm³/mol. The summed E-state index contributed by atoms with van der Waals surface area (Å²) in [5, 5.41) is 2.52. The maximum absolute atomic E-state index is 14.8. The second kappa shape index (κ2) is 10.1. The van der Waals surface area contributed by atoms with Gasteiger partial charge in [0.1, 0.15) is 24.1 Å². The number of ether oxygens (including phenoxy) is 3. The van der Waals surface area contributed by atoms with E-state index in [0.717, 1.165) is 6.07 Å². The zero-order chi connectivity index (χ0) is 26.3. The summed E-state index contributed by atoms with van der Waals surface area (Å²) < 4.78 is 57.0. The molecule has 1 N–H and O–H groups in total. The summed E-state index contributed by atoms with van der Waals surface area (Å²) in [6.45, 7) is 6.22. The van der Waals surface area contributed by atoms with Gasteiger partial charge in [0, 0.05) is 12.8 Å². The van der Waals surface area contributed by atoms with Crippen LogP contribution >= 0.6 is 0 Å². The number of halogens is 1. The Labute approximate surface area is 215 Å². The minimum absolute atomic E-state index is 0.0142. The quantitative estimate of drug-likeness (QED) is 0.566. The minimum Gasteiger partial charge on any atom is -0.474 e. The molecular weight excluding hydrogens is 503 g/mol. The fourth-order valence-corrected chi connectivity index (χ4v) is 6.50. The normalized spacial score (nSPS) is 23.6. The van der Waals surface area contributed by atoms with Crippen LogP contribution < -0.4 is 10.1 Å². The second-order valence-corrected chi connectivity index (χ2v) is 12.3. The van der Waals surface area contributed by atoms with E-state index in [1.165, 1.54) is 18.5 Å². The first-order valence-corrected chi connectivity index (χ1v) is 14.0. The van der Waals surface area contributed by atoms with Crippen molar-refractivity contribution in [3.05, 3.63) is 35.9 Å². The van der Waals surface area contributed by atoms with Crippen molar-refractivity contribution >= 4 is 27.4 Å². The standard InChI is InChI=1S/C25H31FN4O6S/c1-14(2)35-25(31)30-16-8-18(9-17(30)12-34-11-16)36-24-15(3)23(27-13-28-24)29-22-7-6-20(10-21(22)26)37(32,33)19-4-5-19/h6-7,10,13-14,16-19H,4-5,8-9,11-12H2,1-3H3,(H,27,28,29)/t16-,17?,18?/m1/s1. The van der Waals surface area contributed by atoms with Crippen LogP contribution in [0.3, 0.4) is 0 Å². The molecule has 1 amide bonds. The van der Waals surface area contributed by atoms with E-state index in [-0.39, 0.29) is 41.0 Å². The lowest BCUT2D eigenvalue weighted by Gasteiger charge is -2.47. The van der Waals surface area contributed by atoms with Crippen molar-refractivity contribution in [1.29, 1.82) is 0 Å². The Kier molecular flexibility index (Phi) is 6.97. The predicted octanol–water partition coefficient (Wildman–Crippen LogP) is 3.76. The highest BCUT2D eigenvalue weighted by Crippen LogP contribution is 2.36. The molecule has 200 valence electrons. The molecule has 2 bridgehead atoms. The molecule has 3 atom stereocenters. The smallest absolute Gasteiger partial charge is 0.410 e. The Balaban J connectivity index is 1.28. The zero-order valence-corrected chi connectivity index (χ0v) is 21.8. The van der Waals surface area contributed by atoms with Crippen LogP contribution in [0.1, 0.15) is 45.1 Å². The molecule has 5 rings (SSSR count). The summed E-state index contributed by atoms with van der Waals surface area (Å²) in [5.74, 6) is 0.0203. The van der Waals surface area contributed by atoms with Crippen LogP contribution in [0.4, 0.5) is 20.7 Å². The lowest BCUT2D eigenvalue weighted by atomic mass is 9.92. The number of hydrogen-bond donors (Lipinski definition) is 1. The van der Waals surface area contributed by atoms with Gasteiger partial charge in [0.05, 0.1) is 52.8 Å². The number of nitrogens with zero attached hydrogens (tertiary/aromatic N) is 3. The Morgan fingerprint density at radius 1 is 1.19 bits per heavy atom. The molecule has 1 aliphatic carbocycles. The maximum Gasteiger partial charge on any atom is 0.410 e.